The van der Waals surface area contributed by atoms with Crippen LogP contribution in [0.1, 0.15) is 55.1 Å². The number of benzene rings is 1. The van der Waals surface area contributed by atoms with Crippen molar-refractivity contribution >= 4 is 0 Å². The molecule has 0 N–H and O–H groups in total. The average Bonchev–Trinajstić information content (AvgIpc) is 2.86. The van der Waals surface area contributed by atoms with Crippen molar-refractivity contribution in [1.29, 1.82) is 5.26 Å². The van der Waals surface area contributed by atoms with Gasteiger partial charge in [-0.05, 0) is 25.3 Å². The lowest BCUT2D eigenvalue weighted by molar-refractivity contribution is 0.543. The van der Waals surface area contributed by atoms with E-state index in [2.05, 4.69) is 61.4 Å². The van der Waals surface area contributed by atoms with Gasteiger partial charge in [0.15, 0.2) is 5.69 Å². The summed E-state index contributed by atoms with van der Waals surface area (Å²) >= 11 is 0. The molecule has 20 heavy (non-hydrogen) atoms. The highest BCUT2D eigenvalue weighted by Gasteiger charge is 2.20. The first kappa shape index (κ1) is 14.3. The number of aryl methyl sites for hydroxylation is 1. The molecule has 4 nitrogen and oxygen atoms in total. The molecule has 0 aliphatic carbocycles. The summed E-state index contributed by atoms with van der Waals surface area (Å²) < 4.78 is 1.88. The van der Waals surface area contributed by atoms with Crippen LogP contribution in [-0.4, -0.2) is 15.0 Å². The maximum Gasteiger partial charge on any atom is 0.186 e. The second kappa shape index (κ2) is 6.33. The third-order valence-corrected chi connectivity index (χ3v) is 3.70. The molecule has 0 aliphatic rings. The second-order valence-corrected chi connectivity index (χ2v) is 5.09. The summed E-state index contributed by atoms with van der Waals surface area (Å²) in [5.41, 5.74) is 3.85. The molecular weight excluding hydrogens is 248 g/mol. The smallest absolute Gasteiger partial charge is 0.186 e. The van der Waals surface area contributed by atoms with Crippen LogP contribution >= 0.6 is 0 Å². The Kier molecular flexibility index (Phi) is 4.52. The van der Waals surface area contributed by atoms with Gasteiger partial charge >= 0.3 is 0 Å². The van der Waals surface area contributed by atoms with Crippen LogP contribution in [0, 0.1) is 18.3 Å². The van der Waals surface area contributed by atoms with E-state index in [9.17, 15) is 5.26 Å². The van der Waals surface area contributed by atoms with Crippen LogP contribution in [0.25, 0.3) is 0 Å². The lowest BCUT2D eigenvalue weighted by atomic mass is 9.97. The van der Waals surface area contributed by atoms with Crippen molar-refractivity contribution in [2.24, 2.45) is 0 Å². The van der Waals surface area contributed by atoms with Crippen molar-refractivity contribution in [2.75, 3.05) is 0 Å². The van der Waals surface area contributed by atoms with Gasteiger partial charge < -0.3 is 0 Å². The standard InChI is InChI=1S/C16H20N4/c1-4-14(5-2)16-15(10-17)18-19-20(16)11-13-8-6-12(3)7-9-13/h6-9,14H,4-5,11H2,1-3H3. The normalized spacial score (nSPS) is 10.8. The van der Waals surface area contributed by atoms with Crippen LogP contribution in [0.2, 0.25) is 0 Å². The molecule has 1 heterocycles. The fraction of sp³-hybridized carbons (Fsp3) is 0.438. The molecule has 1 aromatic heterocycles. The van der Waals surface area contributed by atoms with Crippen LogP contribution in [0.5, 0.6) is 0 Å². The highest BCUT2D eigenvalue weighted by molar-refractivity contribution is 5.29. The SMILES string of the molecule is CCC(CC)c1c(C#N)nnn1Cc1ccc(C)cc1. The van der Waals surface area contributed by atoms with E-state index in [4.69, 9.17) is 0 Å². The van der Waals surface area contributed by atoms with E-state index in [0.717, 1.165) is 18.5 Å². The minimum atomic E-state index is 0.338. The molecule has 0 unspecified atom stereocenters. The van der Waals surface area contributed by atoms with E-state index in [1.165, 1.54) is 11.1 Å². The molecular formula is C16H20N4. The number of nitrogens with zero attached hydrogens (tertiary/aromatic N) is 4. The minimum Gasteiger partial charge on any atom is -0.243 e. The molecule has 0 fully saturated rings. The fourth-order valence-corrected chi connectivity index (χ4v) is 2.46. The molecule has 0 bridgehead atoms. The van der Waals surface area contributed by atoms with Crippen molar-refractivity contribution in [3.05, 3.63) is 46.8 Å². The topological polar surface area (TPSA) is 54.5 Å². The van der Waals surface area contributed by atoms with Crippen LogP contribution in [0.15, 0.2) is 24.3 Å². The van der Waals surface area contributed by atoms with Gasteiger partial charge in [0.25, 0.3) is 0 Å². The van der Waals surface area contributed by atoms with Gasteiger partial charge in [0.1, 0.15) is 6.07 Å². The average molecular weight is 268 g/mol. The number of rotatable bonds is 5. The molecule has 0 aliphatic heterocycles. The fourth-order valence-electron chi connectivity index (χ4n) is 2.46. The molecule has 0 spiro atoms. The summed E-state index contributed by atoms with van der Waals surface area (Å²) in [6.45, 7) is 7.01. The van der Waals surface area contributed by atoms with E-state index in [1.807, 2.05) is 4.68 Å². The molecule has 2 aromatic rings. The molecule has 4 heteroatoms. The number of aromatic nitrogens is 3. The van der Waals surface area contributed by atoms with E-state index >= 15 is 0 Å². The van der Waals surface area contributed by atoms with Crippen LogP contribution in [0.4, 0.5) is 0 Å². The van der Waals surface area contributed by atoms with E-state index in [0.29, 0.717) is 18.2 Å². The Morgan fingerprint density at radius 2 is 1.85 bits per heavy atom. The molecule has 2 rings (SSSR count). The summed E-state index contributed by atoms with van der Waals surface area (Å²) in [6, 6.07) is 10.5. The summed E-state index contributed by atoms with van der Waals surface area (Å²) in [5, 5.41) is 17.4. The third kappa shape index (κ3) is 2.88. The zero-order chi connectivity index (χ0) is 14.5. The lowest BCUT2D eigenvalue weighted by Gasteiger charge is -2.14. The van der Waals surface area contributed by atoms with Gasteiger partial charge in [-0.2, -0.15) is 5.26 Å². The Morgan fingerprint density at radius 1 is 1.20 bits per heavy atom. The lowest BCUT2D eigenvalue weighted by Crippen LogP contribution is -2.11. The van der Waals surface area contributed by atoms with Crippen molar-refractivity contribution < 1.29 is 0 Å². The molecule has 0 saturated carbocycles. The molecule has 104 valence electrons. The number of nitriles is 1. The second-order valence-electron chi connectivity index (χ2n) is 5.09. The zero-order valence-corrected chi connectivity index (χ0v) is 12.3. The van der Waals surface area contributed by atoms with Gasteiger partial charge in [-0.1, -0.05) is 48.9 Å². The summed E-state index contributed by atoms with van der Waals surface area (Å²) in [6.07, 6.45) is 1.99. The molecule has 1 aromatic carbocycles. The summed E-state index contributed by atoms with van der Waals surface area (Å²) in [5.74, 6) is 0.338. The van der Waals surface area contributed by atoms with Gasteiger partial charge in [0.05, 0.1) is 12.2 Å². The first-order valence-corrected chi connectivity index (χ1v) is 7.08. The summed E-state index contributed by atoms with van der Waals surface area (Å²) in [4.78, 5) is 0. The zero-order valence-electron chi connectivity index (χ0n) is 12.3. The van der Waals surface area contributed by atoms with Gasteiger partial charge in [0, 0.05) is 5.92 Å². The quantitative estimate of drug-likeness (QED) is 0.835. The first-order valence-electron chi connectivity index (χ1n) is 7.08. The first-order chi connectivity index (χ1) is 9.69. The highest BCUT2D eigenvalue weighted by Crippen LogP contribution is 2.25. The number of hydrogen-bond donors (Lipinski definition) is 0. The Labute approximate surface area is 120 Å². The Balaban J connectivity index is 2.34. The minimum absolute atomic E-state index is 0.338. The van der Waals surface area contributed by atoms with Gasteiger partial charge in [-0.25, -0.2) is 4.68 Å². The maximum atomic E-state index is 9.21. The van der Waals surface area contributed by atoms with Crippen LogP contribution in [0.3, 0.4) is 0 Å². The van der Waals surface area contributed by atoms with Gasteiger partial charge in [0.2, 0.25) is 0 Å². The van der Waals surface area contributed by atoms with Gasteiger partial charge in [-0.15, -0.1) is 5.10 Å². The Hall–Kier alpha value is -2.15. The Bertz CT molecular complexity index is 600. The Morgan fingerprint density at radius 3 is 2.40 bits per heavy atom. The highest BCUT2D eigenvalue weighted by atomic mass is 15.4. The monoisotopic (exact) mass is 268 g/mol. The van der Waals surface area contributed by atoms with Gasteiger partial charge in [-0.3, -0.25) is 0 Å². The molecule has 0 amide bonds. The molecule has 0 radical (unpaired) electrons. The molecule has 0 saturated heterocycles. The van der Waals surface area contributed by atoms with Crippen molar-refractivity contribution in [2.45, 2.75) is 46.1 Å². The molecule has 0 atom stereocenters. The van der Waals surface area contributed by atoms with E-state index < -0.39 is 0 Å². The predicted molar refractivity (Wildman–Crippen MR) is 78.3 cm³/mol. The van der Waals surface area contributed by atoms with Crippen LogP contribution in [-0.2, 0) is 6.54 Å². The van der Waals surface area contributed by atoms with Crippen LogP contribution < -0.4 is 0 Å². The van der Waals surface area contributed by atoms with E-state index in [1.54, 1.807) is 0 Å². The predicted octanol–water partition coefficient (Wildman–Crippen LogP) is 3.41. The van der Waals surface area contributed by atoms with Crippen molar-refractivity contribution in [3.63, 3.8) is 0 Å². The maximum absolute atomic E-state index is 9.21. The number of hydrogen-bond acceptors (Lipinski definition) is 3. The van der Waals surface area contributed by atoms with E-state index in [-0.39, 0.29) is 0 Å². The third-order valence-electron chi connectivity index (χ3n) is 3.70. The summed E-state index contributed by atoms with van der Waals surface area (Å²) in [7, 11) is 0. The van der Waals surface area contributed by atoms with Crippen molar-refractivity contribution in [3.8, 4) is 6.07 Å². The van der Waals surface area contributed by atoms with Crippen molar-refractivity contribution in [1.82, 2.24) is 15.0 Å². The largest absolute Gasteiger partial charge is 0.243 e.